The molecule has 0 aromatic rings. The molecule has 0 aliphatic heterocycles. The van der Waals surface area contributed by atoms with E-state index in [0.29, 0.717) is 19.1 Å². The van der Waals surface area contributed by atoms with Gasteiger partial charge in [-0.2, -0.15) is 0 Å². The molecule has 0 heterocycles. The van der Waals surface area contributed by atoms with Crippen LogP contribution in [0.15, 0.2) is 0 Å². The Hall–Kier alpha value is -0.0800. The van der Waals surface area contributed by atoms with Gasteiger partial charge in [0.05, 0.1) is 12.7 Å². The molecule has 2 heteroatoms. The van der Waals surface area contributed by atoms with E-state index in [1.807, 2.05) is 6.92 Å². The van der Waals surface area contributed by atoms with Gasteiger partial charge in [0.2, 0.25) is 0 Å². The van der Waals surface area contributed by atoms with Crippen LogP contribution in [-0.4, -0.2) is 24.4 Å². The minimum atomic E-state index is -0.227. The molecule has 0 aromatic carbocycles. The first-order valence-corrected chi connectivity index (χ1v) is 4.99. The van der Waals surface area contributed by atoms with Crippen molar-refractivity contribution in [2.24, 2.45) is 11.8 Å². The number of aliphatic hydroxyl groups is 1. The molecule has 3 atom stereocenters. The molecule has 0 aromatic heterocycles. The SMILES string of the molecule is CCOCC(O)C1CCC(C)C1. The monoisotopic (exact) mass is 172 g/mol. The number of hydrogen-bond acceptors (Lipinski definition) is 2. The second kappa shape index (κ2) is 4.83. The van der Waals surface area contributed by atoms with Crippen molar-refractivity contribution in [3.8, 4) is 0 Å². The molecular weight excluding hydrogens is 152 g/mol. The maximum atomic E-state index is 9.67. The van der Waals surface area contributed by atoms with Gasteiger partial charge in [0.15, 0.2) is 0 Å². The zero-order chi connectivity index (χ0) is 8.97. The minimum absolute atomic E-state index is 0.227. The lowest BCUT2D eigenvalue weighted by atomic mass is 10.0. The molecule has 0 bridgehead atoms. The Labute approximate surface area is 74.9 Å². The van der Waals surface area contributed by atoms with E-state index in [0.717, 1.165) is 5.92 Å². The first kappa shape index (κ1) is 10.0. The fourth-order valence-corrected chi connectivity index (χ4v) is 1.98. The van der Waals surface area contributed by atoms with Crippen molar-refractivity contribution in [3.63, 3.8) is 0 Å². The van der Waals surface area contributed by atoms with E-state index in [4.69, 9.17) is 4.74 Å². The third kappa shape index (κ3) is 2.76. The Balaban J connectivity index is 2.18. The second-order valence-corrected chi connectivity index (χ2v) is 3.91. The van der Waals surface area contributed by atoms with Crippen molar-refractivity contribution in [2.45, 2.75) is 39.2 Å². The summed E-state index contributed by atoms with van der Waals surface area (Å²) in [5, 5.41) is 9.67. The summed E-state index contributed by atoms with van der Waals surface area (Å²) in [5.74, 6) is 1.29. The van der Waals surface area contributed by atoms with Crippen molar-refractivity contribution >= 4 is 0 Å². The van der Waals surface area contributed by atoms with Crippen LogP contribution in [0.25, 0.3) is 0 Å². The predicted octanol–water partition coefficient (Wildman–Crippen LogP) is 1.82. The van der Waals surface area contributed by atoms with Crippen LogP contribution in [-0.2, 0) is 4.74 Å². The highest BCUT2D eigenvalue weighted by atomic mass is 16.5. The molecule has 12 heavy (non-hydrogen) atoms. The van der Waals surface area contributed by atoms with Gasteiger partial charge in [-0.15, -0.1) is 0 Å². The molecule has 0 spiro atoms. The molecule has 1 N–H and O–H groups in total. The lowest BCUT2D eigenvalue weighted by Gasteiger charge is -2.17. The number of aliphatic hydroxyl groups excluding tert-OH is 1. The number of hydrogen-bond donors (Lipinski definition) is 1. The van der Waals surface area contributed by atoms with E-state index in [1.165, 1.54) is 19.3 Å². The molecule has 1 rings (SSSR count). The van der Waals surface area contributed by atoms with Gasteiger partial charge in [0.25, 0.3) is 0 Å². The van der Waals surface area contributed by atoms with Crippen molar-refractivity contribution < 1.29 is 9.84 Å². The zero-order valence-electron chi connectivity index (χ0n) is 8.12. The van der Waals surface area contributed by atoms with Crippen molar-refractivity contribution in [1.29, 1.82) is 0 Å². The highest BCUT2D eigenvalue weighted by molar-refractivity contribution is 4.78. The minimum Gasteiger partial charge on any atom is -0.390 e. The fourth-order valence-electron chi connectivity index (χ4n) is 1.98. The smallest absolute Gasteiger partial charge is 0.0801 e. The van der Waals surface area contributed by atoms with Crippen LogP contribution in [0.3, 0.4) is 0 Å². The Morgan fingerprint density at radius 3 is 2.75 bits per heavy atom. The van der Waals surface area contributed by atoms with Crippen LogP contribution in [0.5, 0.6) is 0 Å². The molecular formula is C10H20O2. The lowest BCUT2D eigenvalue weighted by molar-refractivity contribution is 0.00981. The second-order valence-electron chi connectivity index (χ2n) is 3.91. The van der Waals surface area contributed by atoms with Gasteiger partial charge in [0.1, 0.15) is 0 Å². The van der Waals surface area contributed by atoms with Crippen LogP contribution in [0.4, 0.5) is 0 Å². The predicted molar refractivity (Wildman–Crippen MR) is 49.0 cm³/mol. The summed E-state index contributed by atoms with van der Waals surface area (Å²) in [7, 11) is 0. The molecule has 0 radical (unpaired) electrons. The summed E-state index contributed by atoms with van der Waals surface area (Å²) < 4.78 is 5.19. The van der Waals surface area contributed by atoms with Gasteiger partial charge < -0.3 is 9.84 Å². The van der Waals surface area contributed by atoms with Gasteiger partial charge in [-0.05, 0) is 31.6 Å². The molecule has 1 aliphatic rings. The fraction of sp³-hybridized carbons (Fsp3) is 1.00. The highest BCUT2D eigenvalue weighted by Gasteiger charge is 2.27. The van der Waals surface area contributed by atoms with Gasteiger partial charge in [0, 0.05) is 6.61 Å². The maximum absolute atomic E-state index is 9.67. The lowest BCUT2D eigenvalue weighted by Crippen LogP contribution is -2.23. The molecule has 2 nitrogen and oxygen atoms in total. The van der Waals surface area contributed by atoms with E-state index in [-0.39, 0.29) is 6.10 Å². The van der Waals surface area contributed by atoms with Crippen LogP contribution < -0.4 is 0 Å². The zero-order valence-corrected chi connectivity index (χ0v) is 8.12. The quantitative estimate of drug-likeness (QED) is 0.701. The molecule has 1 aliphatic carbocycles. The maximum Gasteiger partial charge on any atom is 0.0801 e. The van der Waals surface area contributed by atoms with Gasteiger partial charge in [-0.1, -0.05) is 13.3 Å². The summed E-state index contributed by atoms with van der Waals surface area (Å²) in [4.78, 5) is 0. The van der Waals surface area contributed by atoms with Crippen LogP contribution in [0.2, 0.25) is 0 Å². The van der Waals surface area contributed by atoms with Gasteiger partial charge >= 0.3 is 0 Å². The Morgan fingerprint density at radius 2 is 2.25 bits per heavy atom. The number of ether oxygens (including phenoxy) is 1. The van der Waals surface area contributed by atoms with Gasteiger partial charge in [-0.3, -0.25) is 0 Å². The normalized spacial score (nSPS) is 32.2. The first-order valence-electron chi connectivity index (χ1n) is 4.99. The van der Waals surface area contributed by atoms with E-state index < -0.39 is 0 Å². The van der Waals surface area contributed by atoms with Crippen LogP contribution in [0.1, 0.15) is 33.1 Å². The Morgan fingerprint density at radius 1 is 1.50 bits per heavy atom. The topological polar surface area (TPSA) is 29.5 Å². The molecule has 1 saturated carbocycles. The molecule has 0 saturated heterocycles. The third-order valence-electron chi connectivity index (χ3n) is 2.77. The van der Waals surface area contributed by atoms with E-state index in [1.54, 1.807) is 0 Å². The van der Waals surface area contributed by atoms with Crippen LogP contribution in [0, 0.1) is 11.8 Å². The third-order valence-corrected chi connectivity index (χ3v) is 2.77. The average Bonchev–Trinajstić information content (AvgIpc) is 2.47. The summed E-state index contributed by atoms with van der Waals surface area (Å²) in [6.07, 6.45) is 3.40. The Bertz CT molecular complexity index is 125. The summed E-state index contributed by atoms with van der Waals surface area (Å²) in [6, 6.07) is 0. The molecule has 1 fully saturated rings. The largest absolute Gasteiger partial charge is 0.390 e. The van der Waals surface area contributed by atoms with Crippen molar-refractivity contribution in [3.05, 3.63) is 0 Å². The van der Waals surface area contributed by atoms with E-state index in [9.17, 15) is 5.11 Å². The standard InChI is InChI=1S/C10H20O2/c1-3-12-7-10(11)9-5-4-8(2)6-9/h8-11H,3-7H2,1-2H3. The highest BCUT2D eigenvalue weighted by Crippen LogP contribution is 2.32. The molecule has 0 amide bonds. The van der Waals surface area contributed by atoms with E-state index >= 15 is 0 Å². The van der Waals surface area contributed by atoms with Crippen molar-refractivity contribution in [2.75, 3.05) is 13.2 Å². The number of rotatable bonds is 4. The first-order chi connectivity index (χ1) is 5.74. The van der Waals surface area contributed by atoms with Gasteiger partial charge in [-0.25, -0.2) is 0 Å². The van der Waals surface area contributed by atoms with E-state index in [2.05, 4.69) is 6.92 Å². The summed E-state index contributed by atoms with van der Waals surface area (Å²) in [6.45, 7) is 5.45. The summed E-state index contributed by atoms with van der Waals surface area (Å²) >= 11 is 0. The average molecular weight is 172 g/mol. The van der Waals surface area contributed by atoms with Crippen LogP contribution >= 0.6 is 0 Å². The molecule has 3 unspecified atom stereocenters. The Kier molecular flexibility index (Phi) is 4.02. The van der Waals surface area contributed by atoms with Crippen molar-refractivity contribution in [1.82, 2.24) is 0 Å². The summed E-state index contributed by atoms with van der Waals surface area (Å²) in [5.41, 5.74) is 0. The molecule has 72 valence electrons.